The Morgan fingerprint density at radius 1 is 1.24 bits per heavy atom. The van der Waals surface area contributed by atoms with E-state index in [2.05, 4.69) is 27.7 Å². The number of likely N-dealkylation sites (tertiary alicyclic amines) is 1. The Bertz CT molecular complexity index is 315. The smallest absolute Gasteiger partial charge is 0.226 e. The molecular weight excluding hydrogens is 236 g/mol. The topological polar surface area (TPSA) is 46.3 Å². The number of hydrogen-bond donors (Lipinski definition) is 1. The van der Waals surface area contributed by atoms with Crippen LogP contribution in [0.1, 0.15) is 40.5 Å². The van der Waals surface area contributed by atoms with Crippen LogP contribution >= 0.6 is 12.4 Å². The third-order valence-electron chi connectivity index (χ3n) is 4.44. The molecule has 2 N–H and O–H groups in total. The zero-order valence-electron chi connectivity index (χ0n) is 11.3. The molecule has 0 aromatic rings. The number of nitrogens with zero attached hydrogens (tertiary/aromatic N) is 1. The monoisotopic (exact) mass is 260 g/mol. The average Bonchev–Trinajstić information content (AvgIpc) is 2.79. The van der Waals surface area contributed by atoms with Crippen molar-refractivity contribution < 1.29 is 4.79 Å². The van der Waals surface area contributed by atoms with E-state index in [1.165, 1.54) is 0 Å². The molecule has 0 radical (unpaired) electrons. The van der Waals surface area contributed by atoms with Gasteiger partial charge in [-0.3, -0.25) is 4.79 Å². The standard InChI is InChI=1S/C13H24N2O.ClH/c1-12(2)7-9(12)11(16)15-6-5-10(14)13(3,4)8-15;/h9-10H,5-8,14H2,1-4H3;1H. The van der Waals surface area contributed by atoms with E-state index in [9.17, 15) is 4.79 Å². The summed E-state index contributed by atoms with van der Waals surface area (Å²) in [6.45, 7) is 10.3. The molecule has 2 rings (SSSR count). The van der Waals surface area contributed by atoms with Gasteiger partial charge in [0.25, 0.3) is 0 Å². The van der Waals surface area contributed by atoms with Crippen LogP contribution in [0.2, 0.25) is 0 Å². The lowest BCUT2D eigenvalue weighted by Crippen LogP contribution is -2.54. The number of rotatable bonds is 1. The normalized spacial score (nSPS) is 33.8. The summed E-state index contributed by atoms with van der Waals surface area (Å²) in [7, 11) is 0. The van der Waals surface area contributed by atoms with Gasteiger partial charge in [-0.2, -0.15) is 0 Å². The molecule has 4 heteroatoms. The van der Waals surface area contributed by atoms with E-state index in [1.54, 1.807) is 0 Å². The second-order valence-electron chi connectivity index (χ2n) is 6.89. The predicted octanol–water partition coefficient (Wildman–Crippen LogP) is 2.04. The molecule has 1 aliphatic carbocycles. The lowest BCUT2D eigenvalue weighted by molar-refractivity contribution is -0.136. The molecule has 1 heterocycles. The van der Waals surface area contributed by atoms with E-state index in [0.717, 1.165) is 25.9 Å². The van der Waals surface area contributed by atoms with Crippen LogP contribution in [0.25, 0.3) is 0 Å². The first-order valence-electron chi connectivity index (χ1n) is 6.28. The molecule has 2 unspecified atom stereocenters. The number of carbonyl (C=O) groups is 1. The third-order valence-corrected chi connectivity index (χ3v) is 4.44. The highest BCUT2D eigenvalue weighted by Crippen LogP contribution is 2.52. The van der Waals surface area contributed by atoms with Gasteiger partial charge in [0.15, 0.2) is 0 Å². The second-order valence-corrected chi connectivity index (χ2v) is 6.89. The number of halogens is 1. The zero-order valence-corrected chi connectivity index (χ0v) is 12.1. The van der Waals surface area contributed by atoms with Gasteiger partial charge < -0.3 is 10.6 Å². The summed E-state index contributed by atoms with van der Waals surface area (Å²) in [4.78, 5) is 14.3. The van der Waals surface area contributed by atoms with Gasteiger partial charge >= 0.3 is 0 Å². The van der Waals surface area contributed by atoms with Crippen LogP contribution in [0.5, 0.6) is 0 Å². The van der Waals surface area contributed by atoms with Crippen molar-refractivity contribution in [1.29, 1.82) is 0 Å². The maximum Gasteiger partial charge on any atom is 0.226 e. The molecule has 1 saturated heterocycles. The van der Waals surface area contributed by atoms with Gasteiger partial charge in [0.2, 0.25) is 5.91 Å². The molecular formula is C13H25ClN2O. The van der Waals surface area contributed by atoms with Crippen LogP contribution in [0.3, 0.4) is 0 Å². The van der Waals surface area contributed by atoms with Gasteiger partial charge in [-0.1, -0.05) is 27.7 Å². The molecule has 17 heavy (non-hydrogen) atoms. The molecule has 0 bridgehead atoms. The Labute approximate surface area is 111 Å². The van der Waals surface area contributed by atoms with Crippen molar-refractivity contribution in [2.75, 3.05) is 13.1 Å². The Hall–Kier alpha value is -0.280. The minimum absolute atomic E-state index is 0. The van der Waals surface area contributed by atoms with Gasteiger partial charge in [-0.25, -0.2) is 0 Å². The van der Waals surface area contributed by atoms with E-state index in [-0.39, 0.29) is 35.2 Å². The Balaban J connectivity index is 0.00000144. The first-order valence-corrected chi connectivity index (χ1v) is 6.28. The van der Waals surface area contributed by atoms with E-state index >= 15 is 0 Å². The number of piperidine rings is 1. The first-order chi connectivity index (χ1) is 7.24. The van der Waals surface area contributed by atoms with Crippen LogP contribution in [-0.2, 0) is 4.79 Å². The van der Waals surface area contributed by atoms with E-state index in [1.807, 2.05) is 4.90 Å². The molecule has 1 amide bonds. The van der Waals surface area contributed by atoms with Crippen LogP contribution in [-0.4, -0.2) is 29.9 Å². The average molecular weight is 261 g/mol. The minimum Gasteiger partial charge on any atom is -0.342 e. The SMILES string of the molecule is CC1(C)CN(C(=O)C2CC2(C)C)CCC1N.Cl. The van der Waals surface area contributed by atoms with Crippen LogP contribution in [0, 0.1) is 16.7 Å². The number of nitrogens with two attached hydrogens (primary N) is 1. The van der Waals surface area contributed by atoms with Gasteiger partial charge in [-0.05, 0) is 23.7 Å². The maximum atomic E-state index is 12.3. The van der Waals surface area contributed by atoms with Gasteiger partial charge in [0.1, 0.15) is 0 Å². The predicted molar refractivity (Wildman–Crippen MR) is 72.1 cm³/mol. The van der Waals surface area contributed by atoms with Crippen molar-refractivity contribution in [3.8, 4) is 0 Å². The largest absolute Gasteiger partial charge is 0.342 e. The van der Waals surface area contributed by atoms with E-state index < -0.39 is 0 Å². The minimum atomic E-state index is 0. The highest BCUT2D eigenvalue weighted by atomic mass is 35.5. The lowest BCUT2D eigenvalue weighted by atomic mass is 9.79. The van der Waals surface area contributed by atoms with Crippen molar-refractivity contribution in [3.05, 3.63) is 0 Å². The van der Waals surface area contributed by atoms with Crippen molar-refractivity contribution in [2.45, 2.75) is 46.6 Å². The fraction of sp³-hybridized carbons (Fsp3) is 0.923. The van der Waals surface area contributed by atoms with Crippen LogP contribution < -0.4 is 5.73 Å². The molecule has 3 nitrogen and oxygen atoms in total. The summed E-state index contributed by atoms with van der Waals surface area (Å²) < 4.78 is 0. The van der Waals surface area contributed by atoms with Crippen molar-refractivity contribution in [3.63, 3.8) is 0 Å². The summed E-state index contributed by atoms with van der Waals surface area (Å²) >= 11 is 0. The summed E-state index contributed by atoms with van der Waals surface area (Å²) in [5.74, 6) is 0.614. The summed E-state index contributed by atoms with van der Waals surface area (Å²) in [5, 5.41) is 0. The summed E-state index contributed by atoms with van der Waals surface area (Å²) in [6, 6.07) is 0.226. The molecule has 2 atom stereocenters. The molecule has 0 aromatic carbocycles. The third kappa shape index (κ3) is 2.76. The molecule has 1 aliphatic heterocycles. The fourth-order valence-electron chi connectivity index (χ4n) is 2.67. The quantitative estimate of drug-likeness (QED) is 0.784. The Morgan fingerprint density at radius 3 is 2.18 bits per heavy atom. The number of amides is 1. The molecule has 1 saturated carbocycles. The van der Waals surface area contributed by atoms with Crippen molar-refractivity contribution in [2.24, 2.45) is 22.5 Å². The van der Waals surface area contributed by atoms with E-state index in [0.29, 0.717) is 5.91 Å². The van der Waals surface area contributed by atoms with Crippen molar-refractivity contribution >= 4 is 18.3 Å². The molecule has 0 aromatic heterocycles. The van der Waals surface area contributed by atoms with E-state index in [4.69, 9.17) is 5.73 Å². The maximum absolute atomic E-state index is 12.3. The van der Waals surface area contributed by atoms with Gasteiger partial charge in [0, 0.05) is 25.0 Å². The fourth-order valence-corrected chi connectivity index (χ4v) is 2.67. The lowest BCUT2D eigenvalue weighted by Gasteiger charge is -2.42. The first kappa shape index (κ1) is 14.8. The van der Waals surface area contributed by atoms with Crippen LogP contribution in [0.4, 0.5) is 0 Å². The highest BCUT2D eigenvalue weighted by molar-refractivity contribution is 5.85. The Morgan fingerprint density at radius 2 is 1.76 bits per heavy atom. The molecule has 2 aliphatic rings. The second kappa shape index (κ2) is 4.43. The number of hydrogen-bond acceptors (Lipinski definition) is 2. The highest BCUT2D eigenvalue weighted by Gasteiger charge is 2.52. The number of carbonyl (C=O) groups excluding carboxylic acids is 1. The molecule has 100 valence electrons. The molecule has 0 spiro atoms. The van der Waals surface area contributed by atoms with Gasteiger partial charge in [-0.15, -0.1) is 12.4 Å². The van der Waals surface area contributed by atoms with Crippen LogP contribution in [0.15, 0.2) is 0 Å². The summed E-state index contributed by atoms with van der Waals surface area (Å²) in [5.41, 5.74) is 6.38. The Kier molecular flexibility index (Phi) is 3.85. The van der Waals surface area contributed by atoms with Crippen molar-refractivity contribution in [1.82, 2.24) is 4.90 Å². The molecule has 2 fully saturated rings. The van der Waals surface area contributed by atoms with Gasteiger partial charge in [0.05, 0.1) is 0 Å². The zero-order chi connectivity index (χ0) is 12.1. The summed E-state index contributed by atoms with van der Waals surface area (Å²) in [6.07, 6.45) is 1.99.